The predicted molar refractivity (Wildman–Crippen MR) is 129 cm³/mol. The van der Waals surface area contributed by atoms with E-state index in [-0.39, 0.29) is 17.1 Å². The van der Waals surface area contributed by atoms with Gasteiger partial charge in [0.05, 0.1) is 17.4 Å². The Bertz CT molecular complexity index is 1120. The Morgan fingerprint density at radius 3 is 2.81 bits per heavy atom. The fourth-order valence-electron chi connectivity index (χ4n) is 4.10. The van der Waals surface area contributed by atoms with Crippen LogP contribution < -0.4 is 5.32 Å². The Morgan fingerprint density at radius 1 is 1.23 bits per heavy atom. The normalized spacial score (nSPS) is 14.7. The summed E-state index contributed by atoms with van der Waals surface area (Å²) in [5.74, 6) is -0.429. The first-order valence-electron chi connectivity index (χ1n) is 10.9. The third-order valence-electron chi connectivity index (χ3n) is 5.64. The minimum atomic E-state index is -0.329. The van der Waals surface area contributed by atoms with Crippen LogP contribution in [0.15, 0.2) is 29.2 Å². The van der Waals surface area contributed by atoms with E-state index in [0.29, 0.717) is 17.2 Å². The molecular weight excluding hydrogens is 428 g/mol. The van der Waals surface area contributed by atoms with E-state index < -0.39 is 0 Å². The number of esters is 1. The van der Waals surface area contributed by atoms with E-state index in [2.05, 4.69) is 16.4 Å². The SMILES string of the molecule is CCOC(=O)c1c(NC(=O)C(C)Sc2c(C)[nH]c3ccccc23)sc2c1CCCCC2. The van der Waals surface area contributed by atoms with E-state index >= 15 is 0 Å². The van der Waals surface area contributed by atoms with Crippen molar-refractivity contribution in [3.63, 3.8) is 0 Å². The lowest BCUT2D eigenvalue weighted by molar-refractivity contribution is -0.115. The topological polar surface area (TPSA) is 71.2 Å². The van der Waals surface area contributed by atoms with Crippen molar-refractivity contribution >= 4 is 50.9 Å². The number of aryl methyl sites for hydroxylation is 2. The number of para-hydroxylation sites is 1. The van der Waals surface area contributed by atoms with Gasteiger partial charge in [-0.15, -0.1) is 23.1 Å². The number of carbonyl (C=O) groups excluding carboxylic acids is 2. The van der Waals surface area contributed by atoms with Crippen molar-refractivity contribution in [2.24, 2.45) is 0 Å². The summed E-state index contributed by atoms with van der Waals surface area (Å²) in [4.78, 5) is 31.5. The van der Waals surface area contributed by atoms with Crippen LogP contribution in [0.1, 0.15) is 59.6 Å². The van der Waals surface area contributed by atoms with Crippen molar-refractivity contribution in [2.75, 3.05) is 11.9 Å². The molecular formula is C24H28N2O3S2. The number of aromatic amines is 1. The van der Waals surface area contributed by atoms with E-state index in [1.54, 1.807) is 23.1 Å². The van der Waals surface area contributed by atoms with E-state index in [4.69, 9.17) is 4.74 Å². The number of nitrogens with one attached hydrogen (secondary N) is 2. The summed E-state index contributed by atoms with van der Waals surface area (Å²) in [6, 6.07) is 8.12. The first kappa shape index (κ1) is 22.0. The maximum atomic E-state index is 13.1. The number of anilines is 1. The van der Waals surface area contributed by atoms with Crippen LogP contribution in [0.4, 0.5) is 5.00 Å². The summed E-state index contributed by atoms with van der Waals surface area (Å²) >= 11 is 3.08. The van der Waals surface area contributed by atoms with Gasteiger partial charge in [0.25, 0.3) is 0 Å². The van der Waals surface area contributed by atoms with Crippen LogP contribution in [-0.2, 0) is 22.4 Å². The Hall–Kier alpha value is -2.25. The third-order valence-corrected chi connectivity index (χ3v) is 8.17. The molecule has 4 rings (SSSR count). The first-order chi connectivity index (χ1) is 15.0. The molecule has 1 aromatic carbocycles. The van der Waals surface area contributed by atoms with Crippen LogP contribution in [0.5, 0.6) is 0 Å². The molecule has 0 fully saturated rings. The Kier molecular flexibility index (Phi) is 6.72. The van der Waals surface area contributed by atoms with Gasteiger partial charge >= 0.3 is 5.97 Å². The zero-order valence-electron chi connectivity index (χ0n) is 18.2. The average Bonchev–Trinajstić information content (AvgIpc) is 3.14. The second kappa shape index (κ2) is 9.49. The highest BCUT2D eigenvalue weighted by Gasteiger charge is 2.28. The van der Waals surface area contributed by atoms with Crippen LogP contribution in [0, 0.1) is 6.92 Å². The number of thioether (sulfide) groups is 1. The first-order valence-corrected chi connectivity index (χ1v) is 12.6. The van der Waals surface area contributed by atoms with E-state index in [1.807, 2.05) is 39.0 Å². The second-order valence-electron chi connectivity index (χ2n) is 7.86. The largest absolute Gasteiger partial charge is 0.462 e. The lowest BCUT2D eigenvalue weighted by Crippen LogP contribution is -2.23. The molecule has 3 aromatic rings. The number of aromatic nitrogens is 1. The van der Waals surface area contributed by atoms with Gasteiger partial charge < -0.3 is 15.0 Å². The highest BCUT2D eigenvalue weighted by Crippen LogP contribution is 2.39. The molecule has 1 atom stereocenters. The van der Waals surface area contributed by atoms with E-state index in [1.165, 1.54) is 11.3 Å². The van der Waals surface area contributed by atoms with Crippen molar-refractivity contribution in [1.29, 1.82) is 0 Å². The summed E-state index contributed by atoms with van der Waals surface area (Å²) in [7, 11) is 0. The maximum absolute atomic E-state index is 13.1. The molecule has 2 heterocycles. The van der Waals surface area contributed by atoms with Gasteiger partial charge in [0.2, 0.25) is 5.91 Å². The van der Waals surface area contributed by atoms with Crippen LogP contribution in [0.2, 0.25) is 0 Å². The van der Waals surface area contributed by atoms with Crippen molar-refractivity contribution in [3.05, 3.63) is 46.0 Å². The number of rotatable bonds is 6. The molecule has 0 saturated carbocycles. The summed E-state index contributed by atoms with van der Waals surface area (Å²) in [6.07, 6.45) is 5.18. The molecule has 1 aliphatic rings. The number of H-pyrrole nitrogens is 1. The lowest BCUT2D eigenvalue weighted by atomic mass is 10.1. The highest BCUT2D eigenvalue weighted by atomic mass is 32.2. The van der Waals surface area contributed by atoms with Crippen LogP contribution in [0.3, 0.4) is 0 Å². The van der Waals surface area contributed by atoms with Gasteiger partial charge in [-0.3, -0.25) is 4.79 Å². The van der Waals surface area contributed by atoms with Crippen LogP contribution in [0.25, 0.3) is 10.9 Å². The van der Waals surface area contributed by atoms with Gasteiger partial charge in [-0.1, -0.05) is 24.6 Å². The maximum Gasteiger partial charge on any atom is 0.341 e. The summed E-state index contributed by atoms with van der Waals surface area (Å²) in [6.45, 7) is 6.07. The van der Waals surface area contributed by atoms with Crippen LogP contribution in [-0.4, -0.2) is 28.7 Å². The van der Waals surface area contributed by atoms with Gasteiger partial charge in [-0.25, -0.2) is 4.79 Å². The van der Waals surface area contributed by atoms with Gasteiger partial charge in [-0.2, -0.15) is 0 Å². The van der Waals surface area contributed by atoms with Gasteiger partial charge in [0.1, 0.15) is 5.00 Å². The molecule has 0 saturated heterocycles. The van der Waals surface area contributed by atoms with Crippen molar-refractivity contribution in [1.82, 2.24) is 4.98 Å². The summed E-state index contributed by atoms with van der Waals surface area (Å²) in [5, 5.41) is 4.51. The quantitative estimate of drug-likeness (QED) is 0.267. The number of fused-ring (bicyclic) bond motifs is 2. The molecule has 0 spiro atoms. The number of thiophene rings is 1. The van der Waals surface area contributed by atoms with Crippen LogP contribution >= 0.6 is 23.1 Å². The number of benzene rings is 1. The van der Waals surface area contributed by atoms with E-state index in [9.17, 15) is 9.59 Å². The zero-order valence-corrected chi connectivity index (χ0v) is 19.8. The third kappa shape index (κ3) is 4.53. The molecule has 0 bridgehead atoms. The number of hydrogen-bond acceptors (Lipinski definition) is 5. The molecule has 1 unspecified atom stereocenters. The summed E-state index contributed by atoms with van der Waals surface area (Å²) in [5.41, 5.74) is 3.77. The van der Waals surface area contributed by atoms with Gasteiger partial charge in [0.15, 0.2) is 0 Å². The molecule has 0 aliphatic heterocycles. The predicted octanol–water partition coefficient (Wildman–Crippen LogP) is 6.10. The lowest BCUT2D eigenvalue weighted by Gasteiger charge is -2.13. The molecule has 2 N–H and O–H groups in total. The number of ether oxygens (including phenoxy) is 1. The Balaban J connectivity index is 1.57. The van der Waals surface area contributed by atoms with Gasteiger partial charge in [-0.05, 0) is 58.1 Å². The van der Waals surface area contributed by atoms with Crippen molar-refractivity contribution in [3.8, 4) is 0 Å². The fraction of sp³-hybridized carbons (Fsp3) is 0.417. The minimum absolute atomic E-state index is 0.100. The molecule has 31 heavy (non-hydrogen) atoms. The Labute approximate surface area is 191 Å². The molecule has 5 nitrogen and oxygen atoms in total. The smallest absolute Gasteiger partial charge is 0.341 e. The second-order valence-corrected chi connectivity index (χ2v) is 10.3. The number of amides is 1. The van der Waals surface area contributed by atoms with Gasteiger partial charge in [0, 0.05) is 26.4 Å². The highest BCUT2D eigenvalue weighted by molar-refractivity contribution is 8.00. The zero-order chi connectivity index (χ0) is 22.0. The minimum Gasteiger partial charge on any atom is -0.462 e. The molecule has 7 heteroatoms. The Morgan fingerprint density at radius 2 is 2.00 bits per heavy atom. The molecule has 0 radical (unpaired) electrons. The number of hydrogen-bond donors (Lipinski definition) is 2. The fourth-order valence-corrected chi connectivity index (χ4v) is 6.43. The molecule has 2 aromatic heterocycles. The van der Waals surface area contributed by atoms with Crippen molar-refractivity contribution < 1.29 is 14.3 Å². The number of carbonyl (C=O) groups is 2. The monoisotopic (exact) mass is 456 g/mol. The van der Waals surface area contributed by atoms with Crippen molar-refractivity contribution in [2.45, 2.75) is 63.0 Å². The molecule has 164 valence electrons. The average molecular weight is 457 g/mol. The molecule has 1 amide bonds. The van der Waals surface area contributed by atoms with E-state index in [0.717, 1.165) is 52.7 Å². The molecule has 1 aliphatic carbocycles. The standard InChI is InChI=1S/C24H28N2O3S2/c1-4-29-24(28)20-17-11-6-5-7-13-19(17)31-23(20)26-22(27)15(3)30-21-14(2)25-18-12-9-8-10-16(18)21/h8-10,12,15,25H,4-7,11,13H2,1-3H3,(H,26,27). The summed E-state index contributed by atoms with van der Waals surface area (Å²) < 4.78 is 5.33.